The average molecular weight is 251 g/mol. The normalized spacial score (nSPS) is 10.4. The van der Waals surface area contributed by atoms with Gasteiger partial charge < -0.3 is 20.7 Å². The van der Waals surface area contributed by atoms with Gasteiger partial charge in [0.25, 0.3) is 0 Å². The minimum Gasteiger partial charge on any atom is -0.497 e. The van der Waals surface area contributed by atoms with E-state index in [-0.39, 0.29) is 5.91 Å². The number of benzene rings is 1. The first-order valence-electron chi connectivity index (χ1n) is 5.98. The van der Waals surface area contributed by atoms with Crippen molar-refractivity contribution >= 4 is 17.3 Å². The molecule has 0 radical (unpaired) electrons. The number of anilines is 2. The molecule has 0 atom stereocenters. The van der Waals surface area contributed by atoms with Crippen molar-refractivity contribution in [3.63, 3.8) is 0 Å². The van der Waals surface area contributed by atoms with Gasteiger partial charge in [0.1, 0.15) is 5.75 Å². The molecule has 5 heteroatoms. The Hall–Kier alpha value is -1.75. The van der Waals surface area contributed by atoms with Crippen LogP contribution in [0.3, 0.4) is 0 Å². The van der Waals surface area contributed by atoms with Crippen molar-refractivity contribution < 1.29 is 9.53 Å². The summed E-state index contributed by atoms with van der Waals surface area (Å²) in [6, 6.07) is 5.20. The molecule has 0 unspecified atom stereocenters. The number of methoxy groups -OCH3 is 1. The maximum Gasteiger partial charge on any atom is 0.225 e. The van der Waals surface area contributed by atoms with Crippen LogP contribution >= 0.6 is 0 Å². The van der Waals surface area contributed by atoms with Gasteiger partial charge in [-0.05, 0) is 25.7 Å². The predicted octanol–water partition coefficient (Wildman–Crippen LogP) is 1.56. The Balaban J connectivity index is 2.54. The van der Waals surface area contributed by atoms with E-state index in [2.05, 4.69) is 17.1 Å². The van der Waals surface area contributed by atoms with Gasteiger partial charge in [-0.15, -0.1) is 0 Å². The summed E-state index contributed by atoms with van der Waals surface area (Å²) >= 11 is 0. The molecule has 0 saturated carbocycles. The lowest BCUT2D eigenvalue weighted by molar-refractivity contribution is -0.116. The molecule has 0 saturated heterocycles. The molecule has 5 nitrogen and oxygen atoms in total. The number of rotatable bonds is 6. The van der Waals surface area contributed by atoms with Crippen molar-refractivity contribution in [1.82, 2.24) is 4.90 Å². The Kier molecular flexibility index (Phi) is 5.45. The van der Waals surface area contributed by atoms with Crippen LogP contribution in [0.4, 0.5) is 11.4 Å². The topological polar surface area (TPSA) is 67.6 Å². The van der Waals surface area contributed by atoms with Gasteiger partial charge in [-0.3, -0.25) is 4.79 Å². The molecule has 0 aliphatic carbocycles. The molecule has 18 heavy (non-hydrogen) atoms. The van der Waals surface area contributed by atoms with Crippen LogP contribution in [0.1, 0.15) is 13.3 Å². The van der Waals surface area contributed by atoms with Gasteiger partial charge in [0, 0.05) is 19.0 Å². The Morgan fingerprint density at radius 1 is 1.50 bits per heavy atom. The monoisotopic (exact) mass is 251 g/mol. The summed E-state index contributed by atoms with van der Waals surface area (Å²) in [5.41, 5.74) is 6.95. The van der Waals surface area contributed by atoms with Crippen molar-refractivity contribution in [3.8, 4) is 5.75 Å². The fourth-order valence-electron chi connectivity index (χ4n) is 1.44. The van der Waals surface area contributed by atoms with Crippen LogP contribution in [-0.4, -0.2) is 38.1 Å². The van der Waals surface area contributed by atoms with E-state index in [4.69, 9.17) is 10.5 Å². The molecular weight excluding hydrogens is 230 g/mol. The molecule has 0 heterocycles. The lowest BCUT2D eigenvalue weighted by Gasteiger charge is -2.14. The molecule has 1 amide bonds. The first kappa shape index (κ1) is 14.3. The zero-order valence-corrected chi connectivity index (χ0v) is 11.2. The summed E-state index contributed by atoms with van der Waals surface area (Å²) in [6.07, 6.45) is 0.454. The van der Waals surface area contributed by atoms with E-state index in [1.165, 1.54) is 0 Å². The van der Waals surface area contributed by atoms with E-state index in [0.717, 1.165) is 13.1 Å². The molecule has 1 aromatic rings. The van der Waals surface area contributed by atoms with Crippen LogP contribution in [-0.2, 0) is 4.79 Å². The number of ether oxygens (including phenoxy) is 1. The number of nitrogens with two attached hydrogens (primary N) is 1. The lowest BCUT2D eigenvalue weighted by Crippen LogP contribution is -2.24. The molecule has 0 aromatic heterocycles. The third-order valence-electron chi connectivity index (χ3n) is 2.79. The van der Waals surface area contributed by atoms with Crippen molar-refractivity contribution in [1.29, 1.82) is 0 Å². The van der Waals surface area contributed by atoms with Gasteiger partial charge in [-0.2, -0.15) is 0 Å². The van der Waals surface area contributed by atoms with Crippen LogP contribution in [0.25, 0.3) is 0 Å². The predicted molar refractivity (Wildman–Crippen MR) is 73.8 cm³/mol. The van der Waals surface area contributed by atoms with E-state index < -0.39 is 0 Å². The number of carbonyl (C=O) groups is 1. The molecular formula is C13H21N3O2. The van der Waals surface area contributed by atoms with Crippen LogP contribution < -0.4 is 15.8 Å². The largest absolute Gasteiger partial charge is 0.497 e. The second-order valence-electron chi connectivity index (χ2n) is 4.15. The van der Waals surface area contributed by atoms with Crippen LogP contribution in [0.15, 0.2) is 18.2 Å². The Morgan fingerprint density at radius 3 is 2.78 bits per heavy atom. The standard InChI is InChI=1S/C13H21N3O2/c1-4-16(2)8-7-13(17)15-12-6-5-10(18-3)9-11(12)14/h5-6,9H,4,7-8,14H2,1-3H3,(H,15,17). The number of nitrogen functional groups attached to an aromatic ring is 1. The average Bonchev–Trinajstić information content (AvgIpc) is 2.38. The number of carbonyl (C=O) groups excluding carboxylic acids is 1. The summed E-state index contributed by atoms with van der Waals surface area (Å²) in [7, 11) is 3.56. The minimum atomic E-state index is -0.0350. The van der Waals surface area contributed by atoms with Crippen LogP contribution in [0.2, 0.25) is 0 Å². The molecule has 3 N–H and O–H groups in total. The van der Waals surface area contributed by atoms with E-state index in [9.17, 15) is 4.79 Å². The molecule has 0 fully saturated rings. The number of nitrogens with one attached hydrogen (secondary N) is 1. The van der Waals surface area contributed by atoms with Gasteiger partial charge >= 0.3 is 0 Å². The van der Waals surface area contributed by atoms with Gasteiger partial charge in [-0.1, -0.05) is 6.92 Å². The highest BCUT2D eigenvalue weighted by atomic mass is 16.5. The summed E-state index contributed by atoms with van der Waals surface area (Å²) in [6.45, 7) is 3.72. The van der Waals surface area contributed by atoms with Crippen molar-refractivity contribution in [2.24, 2.45) is 0 Å². The van der Waals surface area contributed by atoms with Crippen LogP contribution in [0.5, 0.6) is 5.75 Å². The van der Waals surface area contributed by atoms with Gasteiger partial charge in [-0.25, -0.2) is 0 Å². The first-order valence-corrected chi connectivity index (χ1v) is 5.98. The fraction of sp³-hybridized carbons (Fsp3) is 0.462. The SMILES string of the molecule is CCN(C)CCC(=O)Nc1ccc(OC)cc1N. The Morgan fingerprint density at radius 2 is 2.22 bits per heavy atom. The lowest BCUT2D eigenvalue weighted by atomic mass is 10.2. The van der Waals surface area contributed by atoms with Gasteiger partial charge in [0.15, 0.2) is 0 Å². The molecule has 100 valence electrons. The number of hydrogen-bond acceptors (Lipinski definition) is 4. The van der Waals surface area contributed by atoms with Crippen molar-refractivity contribution in [2.45, 2.75) is 13.3 Å². The maximum absolute atomic E-state index is 11.7. The fourth-order valence-corrected chi connectivity index (χ4v) is 1.44. The molecule has 1 aromatic carbocycles. The van der Waals surface area contributed by atoms with E-state index in [1.807, 2.05) is 7.05 Å². The zero-order valence-electron chi connectivity index (χ0n) is 11.2. The third kappa shape index (κ3) is 4.25. The number of amides is 1. The Bertz CT molecular complexity index is 407. The number of nitrogens with zero attached hydrogens (tertiary/aromatic N) is 1. The second-order valence-corrected chi connectivity index (χ2v) is 4.15. The quantitative estimate of drug-likeness (QED) is 0.753. The molecule has 1 rings (SSSR count). The highest BCUT2D eigenvalue weighted by Gasteiger charge is 2.07. The minimum absolute atomic E-state index is 0.0350. The first-order chi connectivity index (χ1) is 8.56. The van der Waals surface area contributed by atoms with Crippen molar-refractivity contribution in [3.05, 3.63) is 18.2 Å². The zero-order chi connectivity index (χ0) is 13.5. The second kappa shape index (κ2) is 6.86. The van der Waals surface area contributed by atoms with E-state index >= 15 is 0 Å². The van der Waals surface area contributed by atoms with E-state index in [0.29, 0.717) is 23.5 Å². The van der Waals surface area contributed by atoms with Gasteiger partial charge in [0.05, 0.1) is 18.5 Å². The smallest absolute Gasteiger partial charge is 0.225 e. The summed E-state index contributed by atoms with van der Waals surface area (Å²) in [5.74, 6) is 0.642. The summed E-state index contributed by atoms with van der Waals surface area (Å²) in [5, 5.41) is 2.79. The molecule has 0 aliphatic rings. The van der Waals surface area contributed by atoms with Crippen molar-refractivity contribution in [2.75, 3.05) is 38.3 Å². The molecule has 0 bridgehead atoms. The van der Waals surface area contributed by atoms with Crippen LogP contribution in [0, 0.1) is 0 Å². The Labute approximate surface area is 108 Å². The highest BCUT2D eigenvalue weighted by Crippen LogP contribution is 2.23. The molecule has 0 spiro atoms. The third-order valence-corrected chi connectivity index (χ3v) is 2.79. The highest BCUT2D eigenvalue weighted by molar-refractivity contribution is 5.94. The van der Waals surface area contributed by atoms with E-state index in [1.54, 1.807) is 25.3 Å². The van der Waals surface area contributed by atoms with Gasteiger partial charge in [0.2, 0.25) is 5.91 Å². The molecule has 0 aliphatic heterocycles. The maximum atomic E-state index is 11.7. The number of hydrogen-bond donors (Lipinski definition) is 2. The summed E-state index contributed by atoms with van der Waals surface area (Å²) in [4.78, 5) is 13.8. The summed E-state index contributed by atoms with van der Waals surface area (Å²) < 4.78 is 5.05.